The average Bonchev–Trinajstić information content (AvgIpc) is 2.61. The fourth-order valence-corrected chi connectivity index (χ4v) is 2.91. The van der Waals surface area contributed by atoms with Gasteiger partial charge in [0, 0.05) is 19.3 Å². The first kappa shape index (κ1) is 20.7. The molecule has 0 bridgehead atoms. The van der Waals surface area contributed by atoms with E-state index in [1.54, 1.807) is 6.07 Å². The molecule has 0 fully saturated rings. The summed E-state index contributed by atoms with van der Waals surface area (Å²) in [6.45, 7) is 6.39. The monoisotopic (exact) mass is 393 g/mol. The predicted octanol–water partition coefficient (Wildman–Crippen LogP) is 2.27. The molecule has 0 saturated heterocycles. The number of halogens is 1. The summed E-state index contributed by atoms with van der Waals surface area (Å²) < 4.78 is 1.28. The van der Waals surface area contributed by atoms with Crippen LogP contribution < -0.4 is 21.9 Å². The zero-order valence-corrected chi connectivity index (χ0v) is 16.4. The van der Waals surface area contributed by atoms with Gasteiger partial charge >= 0.3 is 5.69 Å². The van der Waals surface area contributed by atoms with Gasteiger partial charge in [0.25, 0.3) is 11.5 Å². The Morgan fingerprint density at radius 2 is 2.11 bits per heavy atom. The van der Waals surface area contributed by atoms with Gasteiger partial charge in [0.05, 0.1) is 5.56 Å². The molecular formula is C18H24ClN5O3. The lowest BCUT2D eigenvalue weighted by molar-refractivity contribution is 0.0986. The highest BCUT2D eigenvalue weighted by Crippen LogP contribution is 2.23. The Balaban J connectivity index is 2.63. The van der Waals surface area contributed by atoms with Gasteiger partial charge in [-0.25, -0.2) is 9.78 Å². The Labute approximate surface area is 162 Å². The Kier molecular flexibility index (Phi) is 6.79. The molecule has 27 heavy (non-hydrogen) atoms. The number of rotatable bonds is 7. The van der Waals surface area contributed by atoms with Crippen molar-refractivity contribution in [3.63, 3.8) is 0 Å². The van der Waals surface area contributed by atoms with E-state index >= 15 is 0 Å². The second kappa shape index (κ2) is 8.85. The van der Waals surface area contributed by atoms with Gasteiger partial charge in [-0.05, 0) is 24.5 Å². The van der Waals surface area contributed by atoms with Gasteiger partial charge in [-0.3, -0.25) is 19.1 Å². The van der Waals surface area contributed by atoms with Crippen LogP contribution in [0.1, 0.15) is 44.0 Å². The maximum Gasteiger partial charge on any atom is 0.330 e. The molecule has 0 spiro atoms. The summed E-state index contributed by atoms with van der Waals surface area (Å²) in [4.78, 5) is 45.3. The third-order valence-corrected chi connectivity index (χ3v) is 4.30. The van der Waals surface area contributed by atoms with Crippen LogP contribution in [0, 0.1) is 5.92 Å². The number of nitrogen functional groups attached to an aromatic ring is 1. The number of H-pyrrole nitrogens is 1. The summed E-state index contributed by atoms with van der Waals surface area (Å²) in [5, 5.41) is 0.0366. The molecule has 0 saturated carbocycles. The minimum absolute atomic E-state index is 0.0366. The normalized spacial score (nSPS) is 11.0. The van der Waals surface area contributed by atoms with Crippen LogP contribution in [0.2, 0.25) is 5.15 Å². The molecule has 2 rings (SSSR count). The number of pyridine rings is 1. The number of nitrogens with zero attached hydrogens (tertiary/aromatic N) is 3. The van der Waals surface area contributed by atoms with Crippen molar-refractivity contribution in [2.24, 2.45) is 5.92 Å². The number of nitrogens with two attached hydrogens (primary N) is 1. The maximum absolute atomic E-state index is 13.1. The number of aromatic nitrogens is 3. The van der Waals surface area contributed by atoms with Crippen molar-refractivity contribution in [3.05, 3.63) is 49.9 Å². The standard InChI is InChI=1S/C18H24ClN5O3/c1-4-5-9-23(17(26)12-7-6-8-21-14(12)19)13-15(20)24(10-11(2)3)18(27)22-16(13)25/h6-8,11H,4-5,9-10,20H2,1-3H3,(H,22,25,27). The fourth-order valence-electron chi connectivity index (χ4n) is 2.71. The first-order valence-corrected chi connectivity index (χ1v) is 9.20. The maximum atomic E-state index is 13.1. The van der Waals surface area contributed by atoms with Crippen molar-refractivity contribution in [3.8, 4) is 0 Å². The molecule has 1 amide bonds. The molecule has 2 aromatic heterocycles. The third-order valence-electron chi connectivity index (χ3n) is 4.00. The molecule has 2 heterocycles. The van der Waals surface area contributed by atoms with Crippen molar-refractivity contribution >= 4 is 29.0 Å². The minimum Gasteiger partial charge on any atom is -0.383 e. The van der Waals surface area contributed by atoms with Crippen molar-refractivity contribution in [2.75, 3.05) is 17.2 Å². The van der Waals surface area contributed by atoms with E-state index in [1.165, 1.54) is 21.7 Å². The topological polar surface area (TPSA) is 114 Å². The van der Waals surface area contributed by atoms with Crippen molar-refractivity contribution in [2.45, 2.75) is 40.2 Å². The SMILES string of the molecule is CCCCN(C(=O)c1cccnc1Cl)c1c(N)n(CC(C)C)c(=O)[nH]c1=O. The van der Waals surface area contributed by atoms with Gasteiger partial charge in [-0.15, -0.1) is 0 Å². The number of hydrogen-bond donors (Lipinski definition) is 2. The summed E-state index contributed by atoms with van der Waals surface area (Å²) >= 11 is 6.06. The molecule has 2 aromatic rings. The van der Waals surface area contributed by atoms with Crippen LogP contribution in [0.25, 0.3) is 0 Å². The molecule has 146 valence electrons. The molecule has 0 aliphatic heterocycles. The van der Waals surface area contributed by atoms with Crippen LogP contribution in [0.15, 0.2) is 27.9 Å². The number of amides is 1. The quantitative estimate of drug-likeness (QED) is 0.700. The molecule has 3 N–H and O–H groups in total. The number of carbonyl (C=O) groups excluding carboxylic acids is 1. The third kappa shape index (κ3) is 4.57. The molecule has 0 atom stereocenters. The summed E-state index contributed by atoms with van der Waals surface area (Å²) in [7, 11) is 0. The zero-order chi connectivity index (χ0) is 20.1. The summed E-state index contributed by atoms with van der Waals surface area (Å²) in [6, 6.07) is 3.12. The minimum atomic E-state index is -0.707. The molecule has 0 radical (unpaired) electrons. The van der Waals surface area contributed by atoms with Gasteiger partial charge in [0.15, 0.2) is 5.69 Å². The number of carbonyl (C=O) groups is 1. The molecule has 9 heteroatoms. The number of unbranched alkanes of at least 4 members (excludes halogenated alkanes) is 1. The fraction of sp³-hybridized carbons (Fsp3) is 0.444. The van der Waals surface area contributed by atoms with Crippen molar-refractivity contribution in [1.29, 1.82) is 0 Å². The van der Waals surface area contributed by atoms with Gasteiger partial charge in [0.1, 0.15) is 11.0 Å². The highest BCUT2D eigenvalue weighted by atomic mass is 35.5. The molecule has 0 unspecified atom stereocenters. The van der Waals surface area contributed by atoms with Crippen molar-refractivity contribution < 1.29 is 4.79 Å². The molecular weight excluding hydrogens is 370 g/mol. The van der Waals surface area contributed by atoms with E-state index in [1.807, 2.05) is 20.8 Å². The number of aromatic amines is 1. The number of anilines is 2. The largest absolute Gasteiger partial charge is 0.383 e. The van der Waals surface area contributed by atoms with Crippen LogP contribution in [0.4, 0.5) is 11.5 Å². The smallest absolute Gasteiger partial charge is 0.330 e. The van der Waals surface area contributed by atoms with Gasteiger partial charge in [-0.2, -0.15) is 0 Å². The average molecular weight is 394 g/mol. The molecule has 0 aliphatic carbocycles. The van der Waals surface area contributed by atoms with Crippen molar-refractivity contribution in [1.82, 2.24) is 14.5 Å². The van der Waals surface area contributed by atoms with E-state index in [2.05, 4.69) is 9.97 Å². The van der Waals surface area contributed by atoms with Crippen LogP contribution >= 0.6 is 11.6 Å². The Bertz CT molecular complexity index is 935. The first-order valence-electron chi connectivity index (χ1n) is 8.82. The lowest BCUT2D eigenvalue weighted by atomic mass is 10.2. The van der Waals surface area contributed by atoms with Gasteiger partial charge in [-0.1, -0.05) is 38.8 Å². The molecule has 0 aliphatic rings. The number of hydrogen-bond acceptors (Lipinski definition) is 5. The molecule has 0 aromatic carbocycles. The summed E-state index contributed by atoms with van der Waals surface area (Å²) in [5.74, 6) is -0.410. The highest BCUT2D eigenvalue weighted by Gasteiger charge is 2.26. The summed E-state index contributed by atoms with van der Waals surface area (Å²) in [6.07, 6.45) is 2.92. The predicted molar refractivity (Wildman–Crippen MR) is 106 cm³/mol. The van der Waals surface area contributed by atoms with Crippen LogP contribution in [-0.2, 0) is 6.54 Å². The Morgan fingerprint density at radius 3 is 2.70 bits per heavy atom. The highest BCUT2D eigenvalue weighted by molar-refractivity contribution is 6.33. The van der Waals surface area contributed by atoms with E-state index in [4.69, 9.17) is 17.3 Å². The van der Waals surface area contributed by atoms with E-state index in [0.29, 0.717) is 13.0 Å². The first-order chi connectivity index (χ1) is 12.8. The van der Waals surface area contributed by atoms with Crippen LogP contribution in [0.3, 0.4) is 0 Å². The second-order valence-corrected chi connectivity index (χ2v) is 7.01. The van der Waals surface area contributed by atoms with E-state index in [-0.39, 0.29) is 34.7 Å². The van der Waals surface area contributed by atoms with Crippen LogP contribution in [0.5, 0.6) is 0 Å². The molecule has 8 nitrogen and oxygen atoms in total. The Hall–Kier alpha value is -2.61. The second-order valence-electron chi connectivity index (χ2n) is 6.65. The van der Waals surface area contributed by atoms with E-state index in [9.17, 15) is 14.4 Å². The van der Waals surface area contributed by atoms with E-state index < -0.39 is 17.2 Å². The van der Waals surface area contributed by atoms with Crippen LogP contribution in [-0.4, -0.2) is 27.0 Å². The van der Waals surface area contributed by atoms with E-state index in [0.717, 1.165) is 6.42 Å². The van der Waals surface area contributed by atoms with Gasteiger partial charge < -0.3 is 10.6 Å². The Morgan fingerprint density at radius 1 is 1.41 bits per heavy atom. The van der Waals surface area contributed by atoms with Gasteiger partial charge in [0.2, 0.25) is 0 Å². The lowest BCUT2D eigenvalue weighted by Crippen LogP contribution is -2.42. The lowest BCUT2D eigenvalue weighted by Gasteiger charge is -2.25. The zero-order valence-electron chi connectivity index (χ0n) is 15.7. The number of nitrogens with one attached hydrogen (secondary N) is 1. The summed E-state index contributed by atoms with van der Waals surface area (Å²) in [5.41, 5.74) is 4.97.